The highest BCUT2D eigenvalue weighted by Crippen LogP contribution is 2.36. The lowest BCUT2D eigenvalue weighted by Crippen LogP contribution is -2.32. The monoisotopic (exact) mass is 397 g/mol. The van der Waals surface area contributed by atoms with E-state index < -0.39 is 10.8 Å². The molecule has 3 aromatic rings. The molecule has 0 radical (unpaired) electrons. The summed E-state index contributed by atoms with van der Waals surface area (Å²) in [5, 5.41) is 18.1. The van der Waals surface area contributed by atoms with Crippen molar-refractivity contribution in [2.24, 2.45) is 0 Å². The lowest BCUT2D eigenvalue weighted by Gasteiger charge is -2.07. The minimum atomic E-state index is -0.521. The second-order valence-corrected chi connectivity index (χ2v) is 6.87. The Kier molecular flexibility index (Phi) is 4.75. The zero-order valence-electron chi connectivity index (χ0n) is 15.7. The Morgan fingerprint density at radius 1 is 1.34 bits per heavy atom. The minimum Gasteiger partial charge on any atom is -0.461 e. The Balaban J connectivity index is 1.49. The fourth-order valence-electron chi connectivity index (χ4n) is 3.24. The van der Waals surface area contributed by atoms with Gasteiger partial charge in [-0.15, -0.1) is 5.10 Å². The average molecular weight is 397 g/mol. The third-order valence-corrected chi connectivity index (χ3v) is 4.88. The normalized spacial score (nSPS) is 13.4. The van der Waals surface area contributed by atoms with Gasteiger partial charge < -0.3 is 9.73 Å². The third-order valence-electron chi connectivity index (χ3n) is 4.88. The maximum Gasteiger partial charge on any atom is 0.346 e. The van der Waals surface area contributed by atoms with Crippen molar-refractivity contribution in [3.05, 3.63) is 68.3 Å². The van der Waals surface area contributed by atoms with Crippen LogP contribution in [0.2, 0.25) is 0 Å². The van der Waals surface area contributed by atoms with Crippen LogP contribution in [0.4, 0.5) is 5.69 Å². The topological polar surface area (TPSA) is 125 Å². The first kappa shape index (κ1) is 18.7. The molecule has 0 spiro atoms. The molecule has 0 aliphatic heterocycles. The Bertz CT molecular complexity index is 1120. The van der Waals surface area contributed by atoms with Gasteiger partial charge in [-0.25, -0.2) is 9.48 Å². The highest BCUT2D eigenvalue weighted by molar-refractivity contribution is 5.96. The van der Waals surface area contributed by atoms with E-state index in [1.54, 1.807) is 16.7 Å². The van der Waals surface area contributed by atoms with Crippen LogP contribution in [0.15, 0.2) is 45.8 Å². The van der Waals surface area contributed by atoms with Gasteiger partial charge in [0.15, 0.2) is 5.76 Å². The van der Waals surface area contributed by atoms with Crippen molar-refractivity contribution >= 4 is 11.6 Å². The van der Waals surface area contributed by atoms with Crippen LogP contribution < -0.4 is 11.0 Å². The fraction of sp³-hybridized carbons (Fsp3) is 0.316. The Hall–Kier alpha value is -3.69. The van der Waals surface area contributed by atoms with E-state index in [-0.39, 0.29) is 36.1 Å². The molecule has 1 fully saturated rings. The van der Waals surface area contributed by atoms with E-state index in [2.05, 4.69) is 10.4 Å². The Morgan fingerprint density at radius 3 is 2.79 bits per heavy atom. The average Bonchev–Trinajstić information content (AvgIpc) is 3.26. The molecule has 1 amide bonds. The van der Waals surface area contributed by atoms with Crippen LogP contribution in [0.5, 0.6) is 0 Å². The van der Waals surface area contributed by atoms with Gasteiger partial charge in [-0.3, -0.25) is 19.5 Å². The Labute approximate surface area is 164 Å². The summed E-state index contributed by atoms with van der Waals surface area (Å²) in [5.74, 6) is 0.555. The molecule has 150 valence electrons. The van der Waals surface area contributed by atoms with Gasteiger partial charge in [0, 0.05) is 29.8 Å². The molecule has 0 atom stereocenters. The van der Waals surface area contributed by atoms with Gasteiger partial charge in [0.1, 0.15) is 0 Å². The highest BCUT2D eigenvalue weighted by Gasteiger charge is 2.31. The number of amides is 1. The van der Waals surface area contributed by atoms with Gasteiger partial charge in [0.05, 0.1) is 17.7 Å². The van der Waals surface area contributed by atoms with Gasteiger partial charge in [0.25, 0.3) is 11.6 Å². The van der Waals surface area contributed by atoms with Crippen molar-refractivity contribution in [3.8, 4) is 11.6 Å². The van der Waals surface area contributed by atoms with E-state index in [0.717, 1.165) is 12.8 Å². The van der Waals surface area contributed by atoms with Crippen LogP contribution in [-0.4, -0.2) is 31.7 Å². The number of furan rings is 1. The summed E-state index contributed by atoms with van der Waals surface area (Å²) in [7, 11) is 0. The number of rotatable bonds is 7. The number of nitro benzene ring substituents is 1. The molecule has 0 bridgehead atoms. The van der Waals surface area contributed by atoms with Gasteiger partial charge in [0.2, 0.25) is 5.82 Å². The van der Waals surface area contributed by atoms with Crippen molar-refractivity contribution in [2.75, 3.05) is 6.54 Å². The summed E-state index contributed by atoms with van der Waals surface area (Å²) >= 11 is 0. The largest absolute Gasteiger partial charge is 0.461 e. The summed E-state index contributed by atoms with van der Waals surface area (Å²) in [6, 6.07) is 7.96. The molecule has 1 aromatic carbocycles. The molecular weight excluding hydrogens is 378 g/mol. The molecule has 1 aliphatic carbocycles. The SMILES string of the molecule is Cc1c(C(=O)NCCn2nc(-c3ccco3)n(C3CC3)c2=O)cccc1[N+](=O)[O-]. The molecule has 10 heteroatoms. The van der Waals surface area contributed by atoms with Crippen LogP contribution in [0.25, 0.3) is 11.6 Å². The molecule has 1 N–H and O–H groups in total. The number of benzene rings is 1. The zero-order chi connectivity index (χ0) is 20.5. The summed E-state index contributed by atoms with van der Waals surface area (Å²) < 4.78 is 8.32. The van der Waals surface area contributed by atoms with Gasteiger partial charge in [-0.2, -0.15) is 0 Å². The predicted molar refractivity (Wildman–Crippen MR) is 103 cm³/mol. The van der Waals surface area contributed by atoms with Crippen LogP contribution in [0, 0.1) is 17.0 Å². The molecule has 1 aliphatic rings. The van der Waals surface area contributed by atoms with E-state index in [4.69, 9.17) is 4.42 Å². The van der Waals surface area contributed by atoms with Crippen molar-refractivity contribution in [3.63, 3.8) is 0 Å². The number of nitrogens with zero attached hydrogens (tertiary/aromatic N) is 4. The molecule has 0 saturated heterocycles. The lowest BCUT2D eigenvalue weighted by atomic mass is 10.1. The minimum absolute atomic E-state index is 0.111. The maximum absolute atomic E-state index is 12.7. The second kappa shape index (κ2) is 7.38. The molecule has 29 heavy (non-hydrogen) atoms. The third kappa shape index (κ3) is 3.56. The molecule has 4 rings (SSSR count). The number of carbonyl (C=O) groups is 1. The Morgan fingerprint density at radius 2 is 2.14 bits per heavy atom. The van der Waals surface area contributed by atoms with Gasteiger partial charge in [-0.1, -0.05) is 6.07 Å². The van der Waals surface area contributed by atoms with Crippen molar-refractivity contribution in [1.29, 1.82) is 0 Å². The number of hydrogen-bond acceptors (Lipinski definition) is 6. The van der Waals surface area contributed by atoms with E-state index in [9.17, 15) is 19.7 Å². The number of nitrogens with one attached hydrogen (secondary N) is 1. The number of aromatic nitrogens is 3. The van der Waals surface area contributed by atoms with E-state index in [1.165, 1.54) is 36.1 Å². The zero-order valence-corrected chi connectivity index (χ0v) is 15.7. The van der Waals surface area contributed by atoms with Crippen molar-refractivity contribution < 1.29 is 14.1 Å². The molecule has 0 unspecified atom stereocenters. The maximum atomic E-state index is 12.7. The molecule has 10 nitrogen and oxygen atoms in total. The number of nitro groups is 1. The summed E-state index contributed by atoms with van der Waals surface area (Å²) in [4.78, 5) is 35.7. The first-order valence-corrected chi connectivity index (χ1v) is 9.23. The van der Waals surface area contributed by atoms with Crippen LogP contribution >= 0.6 is 0 Å². The van der Waals surface area contributed by atoms with E-state index in [1.807, 2.05) is 0 Å². The van der Waals surface area contributed by atoms with E-state index in [0.29, 0.717) is 17.1 Å². The molecule has 2 heterocycles. The second-order valence-electron chi connectivity index (χ2n) is 6.87. The predicted octanol–water partition coefficient (Wildman–Crippen LogP) is 2.29. The smallest absolute Gasteiger partial charge is 0.346 e. The molecule has 2 aromatic heterocycles. The van der Waals surface area contributed by atoms with Crippen molar-refractivity contribution in [1.82, 2.24) is 19.7 Å². The van der Waals surface area contributed by atoms with Gasteiger partial charge >= 0.3 is 5.69 Å². The standard InChI is InChI=1S/C19H19N5O5/c1-12-14(4-2-5-15(12)24(27)28)18(25)20-9-10-22-19(26)23(13-7-8-13)17(21-22)16-6-3-11-29-16/h2-6,11,13H,7-10H2,1H3,(H,20,25). The van der Waals surface area contributed by atoms with Crippen LogP contribution in [0.3, 0.4) is 0 Å². The molecule has 1 saturated carbocycles. The summed E-state index contributed by atoms with van der Waals surface area (Å²) in [5.41, 5.74) is 0.163. The van der Waals surface area contributed by atoms with Crippen LogP contribution in [0.1, 0.15) is 34.8 Å². The first-order valence-electron chi connectivity index (χ1n) is 9.23. The summed E-state index contributed by atoms with van der Waals surface area (Å²) in [6.45, 7) is 1.86. The summed E-state index contributed by atoms with van der Waals surface area (Å²) in [6.07, 6.45) is 3.36. The number of hydrogen-bond donors (Lipinski definition) is 1. The fourth-order valence-corrected chi connectivity index (χ4v) is 3.24. The number of carbonyl (C=O) groups excluding carboxylic acids is 1. The lowest BCUT2D eigenvalue weighted by molar-refractivity contribution is -0.385. The van der Waals surface area contributed by atoms with Crippen molar-refractivity contribution in [2.45, 2.75) is 32.4 Å². The first-order chi connectivity index (χ1) is 14.0. The highest BCUT2D eigenvalue weighted by atomic mass is 16.6. The van der Waals surface area contributed by atoms with E-state index >= 15 is 0 Å². The van der Waals surface area contributed by atoms with Gasteiger partial charge in [-0.05, 0) is 38.0 Å². The quantitative estimate of drug-likeness (QED) is 0.482. The molecular formula is C19H19N5O5. The van der Waals surface area contributed by atoms with Crippen LogP contribution in [-0.2, 0) is 6.54 Å².